The molecule has 4 heteroatoms. The van der Waals surface area contributed by atoms with Gasteiger partial charge >= 0.3 is 0 Å². The van der Waals surface area contributed by atoms with E-state index in [1.807, 2.05) is 48.5 Å². The minimum absolute atomic E-state index is 0. The molecule has 31 heavy (non-hydrogen) atoms. The highest BCUT2D eigenvalue weighted by atomic mass is 79.9. The Labute approximate surface area is 194 Å². The lowest BCUT2D eigenvalue weighted by atomic mass is 9.56. The number of nitrogens with zero attached hydrogens (tertiary/aromatic N) is 1. The lowest BCUT2D eigenvalue weighted by Gasteiger charge is -2.60. The van der Waals surface area contributed by atoms with Gasteiger partial charge in [-0.3, -0.25) is 0 Å². The van der Waals surface area contributed by atoms with E-state index in [1.54, 1.807) is 12.1 Å². The topological polar surface area (TPSA) is 20.2 Å². The molecule has 3 saturated heterocycles. The summed E-state index contributed by atoms with van der Waals surface area (Å²) in [4.78, 5) is 0. The first-order valence-corrected chi connectivity index (χ1v) is 11.0. The molecule has 3 heterocycles. The van der Waals surface area contributed by atoms with E-state index < -0.39 is 5.60 Å². The van der Waals surface area contributed by atoms with Gasteiger partial charge in [-0.15, -0.1) is 0 Å². The third-order valence-corrected chi connectivity index (χ3v) is 7.81. The second-order valence-corrected chi connectivity index (χ2v) is 9.23. The van der Waals surface area contributed by atoms with Crippen LogP contribution in [0.5, 0.6) is 0 Å². The molecule has 0 saturated carbocycles. The second-order valence-electron chi connectivity index (χ2n) is 9.23. The smallest absolute Gasteiger partial charge is 0.132 e. The van der Waals surface area contributed by atoms with E-state index >= 15 is 0 Å². The summed E-state index contributed by atoms with van der Waals surface area (Å²) in [6.45, 7) is 3.70. The molecule has 162 valence electrons. The molecular formula is C27H29BrFNO. The van der Waals surface area contributed by atoms with Crippen molar-refractivity contribution in [2.45, 2.75) is 31.4 Å². The van der Waals surface area contributed by atoms with Crippen molar-refractivity contribution in [2.75, 3.05) is 19.6 Å². The molecule has 3 aromatic carbocycles. The van der Waals surface area contributed by atoms with Gasteiger partial charge in [0.15, 0.2) is 0 Å². The minimum Gasteiger partial charge on any atom is -1.00 e. The third-order valence-electron chi connectivity index (χ3n) is 7.81. The fourth-order valence-electron chi connectivity index (χ4n) is 5.97. The molecule has 2 bridgehead atoms. The van der Waals surface area contributed by atoms with E-state index in [0.717, 1.165) is 66.6 Å². The summed E-state index contributed by atoms with van der Waals surface area (Å²) in [7, 11) is 0. The summed E-state index contributed by atoms with van der Waals surface area (Å²) in [6.07, 6.45) is 2.84. The van der Waals surface area contributed by atoms with Crippen LogP contribution in [0.15, 0.2) is 84.9 Å². The van der Waals surface area contributed by atoms with Crippen LogP contribution in [0.3, 0.4) is 0 Å². The van der Waals surface area contributed by atoms with Gasteiger partial charge in [-0.2, -0.15) is 0 Å². The van der Waals surface area contributed by atoms with Crippen LogP contribution in [0.2, 0.25) is 0 Å². The van der Waals surface area contributed by atoms with Crippen molar-refractivity contribution < 1.29 is 31.0 Å². The molecule has 0 aliphatic carbocycles. The number of benzene rings is 3. The van der Waals surface area contributed by atoms with E-state index in [4.69, 9.17) is 0 Å². The normalized spacial score (nSPS) is 25.1. The quantitative estimate of drug-likeness (QED) is 0.554. The average molecular weight is 482 g/mol. The van der Waals surface area contributed by atoms with E-state index in [2.05, 4.69) is 24.3 Å². The number of rotatable bonds is 5. The molecule has 3 aromatic rings. The van der Waals surface area contributed by atoms with E-state index in [0.29, 0.717) is 0 Å². The monoisotopic (exact) mass is 481 g/mol. The zero-order valence-corrected chi connectivity index (χ0v) is 19.3. The second kappa shape index (κ2) is 8.50. The standard InChI is InChI=1S/C27H29FNO.BrH/c28-25-14-8-7-9-22(25)21-29-18-15-26(16-19-29,17-20-29)27(30,23-10-3-1-4-11-23)24-12-5-2-6-13-24;/h1-14,30H,15-21H2;1H/q+1;/p-1. The number of aliphatic hydroxyl groups is 1. The predicted octanol–water partition coefficient (Wildman–Crippen LogP) is 2.27. The maximum Gasteiger partial charge on any atom is 0.132 e. The van der Waals surface area contributed by atoms with Crippen LogP contribution in [-0.4, -0.2) is 29.2 Å². The molecule has 3 fully saturated rings. The molecule has 0 atom stereocenters. The van der Waals surface area contributed by atoms with Crippen LogP contribution >= 0.6 is 0 Å². The molecule has 3 aliphatic rings. The molecule has 0 unspecified atom stereocenters. The molecule has 1 N–H and O–H groups in total. The summed E-state index contributed by atoms with van der Waals surface area (Å²) < 4.78 is 15.3. The van der Waals surface area contributed by atoms with Gasteiger partial charge in [0.25, 0.3) is 0 Å². The highest BCUT2D eigenvalue weighted by Crippen LogP contribution is 2.57. The summed E-state index contributed by atoms with van der Waals surface area (Å²) >= 11 is 0. The summed E-state index contributed by atoms with van der Waals surface area (Å²) in [5.41, 5.74) is 1.57. The molecule has 3 aliphatic heterocycles. The van der Waals surface area contributed by atoms with Crippen LogP contribution in [0.1, 0.15) is 36.0 Å². The third kappa shape index (κ3) is 3.65. The van der Waals surface area contributed by atoms with Crippen molar-refractivity contribution in [1.82, 2.24) is 0 Å². The Morgan fingerprint density at radius 1 is 0.742 bits per heavy atom. The van der Waals surface area contributed by atoms with Gasteiger partial charge in [-0.1, -0.05) is 78.9 Å². The zero-order valence-electron chi connectivity index (χ0n) is 17.7. The highest BCUT2D eigenvalue weighted by molar-refractivity contribution is 5.39. The summed E-state index contributed by atoms with van der Waals surface area (Å²) in [5, 5.41) is 12.4. The number of quaternary nitrogens is 1. The molecule has 2 nitrogen and oxygen atoms in total. The molecule has 6 rings (SSSR count). The first kappa shape index (κ1) is 22.2. The Morgan fingerprint density at radius 2 is 1.19 bits per heavy atom. The van der Waals surface area contributed by atoms with Gasteiger partial charge in [-0.05, 0) is 17.2 Å². The number of hydrogen-bond donors (Lipinski definition) is 1. The Bertz CT molecular complexity index is 960. The van der Waals surface area contributed by atoms with Crippen LogP contribution in [0.25, 0.3) is 0 Å². The first-order chi connectivity index (χ1) is 14.6. The van der Waals surface area contributed by atoms with Crippen molar-refractivity contribution in [3.8, 4) is 0 Å². The van der Waals surface area contributed by atoms with Gasteiger partial charge in [0.2, 0.25) is 0 Å². The van der Waals surface area contributed by atoms with Gasteiger partial charge < -0.3 is 26.6 Å². The van der Waals surface area contributed by atoms with Gasteiger partial charge in [0, 0.05) is 30.2 Å². The van der Waals surface area contributed by atoms with Gasteiger partial charge in [-0.25, -0.2) is 4.39 Å². The molecular weight excluding hydrogens is 453 g/mol. The van der Waals surface area contributed by atoms with Crippen molar-refractivity contribution in [3.63, 3.8) is 0 Å². The Morgan fingerprint density at radius 3 is 1.68 bits per heavy atom. The number of fused-ring (bicyclic) bond motifs is 3. The van der Waals surface area contributed by atoms with E-state index in [9.17, 15) is 9.50 Å². The average Bonchev–Trinajstić information content (AvgIpc) is 2.82. The van der Waals surface area contributed by atoms with E-state index in [1.165, 1.54) is 0 Å². The van der Waals surface area contributed by atoms with Crippen molar-refractivity contribution in [3.05, 3.63) is 107 Å². The van der Waals surface area contributed by atoms with Crippen LogP contribution in [0, 0.1) is 11.2 Å². The molecule has 0 amide bonds. The Kier molecular flexibility index (Phi) is 6.08. The van der Waals surface area contributed by atoms with Crippen LogP contribution in [0.4, 0.5) is 4.39 Å². The van der Waals surface area contributed by atoms with E-state index in [-0.39, 0.29) is 28.2 Å². The molecule has 0 radical (unpaired) electrons. The van der Waals surface area contributed by atoms with Crippen LogP contribution in [-0.2, 0) is 12.1 Å². The Balaban J connectivity index is 0.00000231. The van der Waals surface area contributed by atoms with Gasteiger partial charge in [0.1, 0.15) is 18.0 Å². The maximum absolute atomic E-state index is 14.3. The molecule has 0 aromatic heterocycles. The van der Waals surface area contributed by atoms with Crippen molar-refractivity contribution in [2.24, 2.45) is 5.41 Å². The Hall–Kier alpha value is -2.01. The SMILES string of the molecule is OC(c1ccccc1)(c1ccccc1)C12CC[N+](Cc3ccccc3F)(CC1)CC2.[Br-]. The first-order valence-electron chi connectivity index (χ1n) is 11.0. The number of hydrogen-bond acceptors (Lipinski definition) is 1. The molecule has 0 spiro atoms. The fraction of sp³-hybridized carbons (Fsp3) is 0.333. The minimum atomic E-state index is -1.01. The fourth-order valence-corrected chi connectivity index (χ4v) is 5.97. The number of piperidine rings is 3. The highest BCUT2D eigenvalue weighted by Gasteiger charge is 2.60. The van der Waals surface area contributed by atoms with Gasteiger partial charge in [0.05, 0.1) is 19.6 Å². The van der Waals surface area contributed by atoms with Crippen molar-refractivity contribution in [1.29, 1.82) is 0 Å². The lowest BCUT2D eigenvalue weighted by Crippen LogP contribution is -3.00. The predicted molar refractivity (Wildman–Crippen MR) is 117 cm³/mol. The van der Waals surface area contributed by atoms with Crippen LogP contribution < -0.4 is 17.0 Å². The lowest BCUT2D eigenvalue weighted by molar-refractivity contribution is -0.958. The maximum atomic E-state index is 14.3. The van der Waals surface area contributed by atoms with Crippen molar-refractivity contribution >= 4 is 0 Å². The summed E-state index contributed by atoms with van der Waals surface area (Å²) in [5.74, 6) is -0.0995. The zero-order chi connectivity index (χ0) is 20.7. The summed E-state index contributed by atoms with van der Waals surface area (Å²) in [6, 6.07) is 27.5. The number of halogens is 2. The largest absolute Gasteiger partial charge is 1.00 e.